The van der Waals surface area contributed by atoms with Crippen LogP contribution < -0.4 is 4.90 Å². The van der Waals surface area contributed by atoms with Crippen molar-refractivity contribution in [1.29, 1.82) is 0 Å². The van der Waals surface area contributed by atoms with Crippen LogP contribution in [-0.2, 0) is 16.1 Å². The second-order valence-electron chi connectivity index (χ2n) is 6.31. The molecule has 5 nitrogen and oxygen atoms in total. The van der Waals surface area contributed by atoms with Crippen LogP contribution in [0.2, 0.25) is 0 Å². The van der Waals surface area contributed by atoms with Gasteiger partial charge in [0.25, 0.3) is 0 Å². The summed E-state index contributed by atoms with van der Waals surface area (Å²) in [6, 6.07) is 4.13. The summed E-state index contributed by atoms with van der Waals surface area (Å²) in [5.41, 5.74) is 2.13. The van der Waals surface area contributed by atoms with Crippen molar-refractivity contribution in [2.24, 2.45) is 5.92 Å². The first-order valence-corrected chi connectivity index (χ1v) is 8.33. The quantitative estimate of drug-likeness (QED) is 0.799. The van der Waals surface area contributed by atoms with Gasteiger partial charge < -0.3 is 14.5 Å². The predicted molar refractivity (Wildman–Crippen MR) is 90.3 cm³/mol. The number of fused-ring (bicyclic) bond motifs is 1. The highest BCUT2D eigenvalue weighted by Gasteiger charge is 2.28. The SMILES string of the molecule is COCCN1CCN(C(=O)C2CC=CC2)Cc2ccc(C)nc21. The summed E-state index contributed by atoms with van der Waals surface area (Å²) in [5, 5.41) is 0. The van der Waals surface area contributed by atoms with Gasteiger partial charge in [0.05, 0.1) is 6.61 Å². The van der Waals surface area contributed by atoms with Crippen molar-refractivity contribution in [1.82, 2.24) is 9.88 Å². The van der Waals surface area contributed by atoms with E-state index in [1.54, 1.807) is 7.11 Å². The minimum atomic E-state index is 0.127. The van der Waals surface area contributed by atoms with Crippen LogP contribution in [0, 0.1) is 12.8 Å². The molecule has 0 saturated carbocycles. The van der Waals surface area contributed by atoms with E-state index >= 15 is 0 Å². The number of methoxy groups -OCH3 is 1. The zero-order valence-corrected chi connectivity index (χ0v) is 14.0. The number of rotatable bonds is 4. The number of ether oxygens (including phenoxy) is 1. The molecular formula is C18H25N3O2. The van der Waals surface area contributed by atoms with Crippen molar-refractivity contribution < 1.29 is 9.53 Å². The van der Waals surface area contributed by atoms with Crippen molar-refractivity contribution in [3.8, 4) is 0 Å². The topological polar surface area (TPSA) is 45.7 Å². The number of pyridine rings is 1. The van der Waals surface area contributed by atoms with Gasteiger partial charge in [0.15, 0.2) is 0 Å². The normalized spacial score (nSPS) is 18.2. The van der Waals surface area contributed by atoms with Crippen LogP contribution in [0.4, 0.5) is 5.82 Å². The molecular weight excluding hydrogens is 290 g/mol. The molecule has 1 amide bonds. The molecule has 0 atom stereocenters. The Morgan fingerprint density at radius 2 is 2.09 bits per heavy atom. The summed E-state index contributed by atoms with van der Waals surface area (Å²) in [4.78, 5) is 21.7. The maximum Gasteiger partial charge on any atom is 0.226 e. The van der Waals surface area contributed by atoms with Gasteiger partial charge in [0, 0.05) is 50.5 Å². The van der Waals surface area contributed by atoms with E-state index in [-0.39, 0.29) is 11.8 Å². The molecule has 0 fully saturated rings. The van der Waals surface area contributed by atoms with E-state index in [2.05, 4.69) is 23.1 Å². The van der Waals surface area contributed by atoms with Crippen LogP contribution in [0.1, 0.15) is 24.1 Å². The van der Waals surface area contributed by atoms with E-state index in [0.717, 1.165) is 49.6 Å². The van der Waals surface area contributed by atoms with Gasteiger partial charge in [-0.3, -0.25) is 4.79 Å². The number of aryl methyl sites for hydroxylation is 1. The van der Waals surface area contributed by atoms with Gasteiger partial charge in [0.1, 0.15) is 5.82 Å². The largest absolute Gasteiger partial charge is 0.383 e. The molecule has 0 radical (unpaired) electrons. The van der Waals surface area contributed by atoms with Crippen LogP contribution in [0.15, 0.2) is 24.3 Å². The summed E-state index contributed by atoms with van der Waals surface area (Å²) in [5.74, 6) is 1.40. The monoisotopic (exact) mass is 315 g/mol. The number of hydrogen-bond donors (Lipinski definition) is 0. The Hall–Kier alpha value is -1.88. The maximum absolute atomic E-state index is 12.8. The molecule has 124 valence electrons. The van der Waals surface area contributed by atoms with E-state index in [9.17, 15) is 4.79 Å². The van der Waals surface area contributed by atoms with Crippen molar-refractivity contribution in [3.05, 3.63) is 35.5 Å². The minimum absolute atomic E-state index is 0.127. The van der Waals surface area contributed by atoms with E-state index in [1.807, 2.05) is 17.9 Å². The van der Waals surface area contributed by atoms with Crippen LogP contribution in [0.5, 0.6) is 0 Å². The molecule has 2 aliphatic rings. The zero-order valence-electron chi connectivity index (χ0n) is 14.0. The number of allylic oxidation sites excluding steroid dienone is 2. The summed E-state index contributed by atoms with van der Waals surface area (Å²) in [7, 11) is 1.71. The molecule has 1 aliphatic carbocycles. The summed E-state index contributed by atoms with van der Waals surface area (Å²) >= 11 is 0. The Kier molecular flexibility index (Phi) is 4.96. The highest BCUT2D eigenvalue weighted by Crippen LogP contribution is 2.26. The Morgan fingerprint density at radius 1 is 1.30 bits per heavy atom. The van der Waals surface area contributed by atoms with Gasteiger partial charge >= 0.3 is 0 Å². The molecule has 3 rings (SSSR count). The van der Waals surface area contributed by atoms with Gasteiger partial charge in [-0.2, -0.15) is 0 Å². The van der Waals surface area contributed by atoms with Crippen LogP contribution >= 0.6 is 0 Å². The van der Waals surface area contributed by atoms with Crippen molar-refractivity contribution in [2.45, 2.75) is 26.3 Å². The standard InChI is InChI=1S/C18H25N3O2/c1-14-7-8-16-13-21(18(22)15-5-3-4-6-15)10-9-20(11-12-23-2)17(16)19-14/h3-4,7-8,15H,5-6,9-13H2,1-2H3. The number of carbonyl (C=O) groups is 1. The average molecular weight is 315 g/mol. The molecule has 1 aliphatic heterocycles. The Morgan fingerprint density at radius 3 is 2.83 bits per heavy atom. The minimum Gasteiger partial charge on any atom is -0.383 e. The smallest absolute Gasteiger partial charge is 0.226 e. The Labute approximate surface area is 137 Å². The third-order valence-corrected chi connectivity index (χ3v) is 4.63. The fourth-order valence-electron chi connectivity index (χ4n) is 3.29. The van der Waals surface area contributed by atoms with Gasteiger partial charge in [-0.1, -0.05) is 18.2 Å². The van der Waals surface area contributed by atoms with Crippen molar-refractivity contribution >= 4 is 11.7 Å². The second kappa shape index (κ2) is 7.13. The lowest BCUT2D eigenvalue weighted by Crippen LogP contribution is -2.39. The molecule has 0 bridgehead atoms. The fourth-order valence-corrected chi connectivity index (χ4v) is 3.29. The molecule has 2 heterocycles. The summed E-state index contributed by atoms with van der Waals surface area (Å²) < 4.78 is 5.23. The third-order valence-electron chi connectivity index (χ3n) is 4.63. The molecule has 0 spiro atoms. The molecule has 1 aromatic heterocycles. The first-order chi connectivity index (χ1) is 11.2. The van der Waals surface area contributed by atoms with E-state index in [0.29, 0.717) is 13.2 Å². The molecule has 0 unspecified atom stereocenters. The Bertz CT molecular complexity index is 592. The third kappa shape index (κ3) is 3.55. The number of nitrogens with zero attached hydrogens (tertiary/aromatic N) is 3. The number of hydrogen-bond acceptors (Lipinski definition) is 4. The Balaban J connectivity index is 1.81. The van der Waals surface area contributed by atoms with Gasteiger partial charge in [-0.05, 0) is 25.8 Å². The highest BCUT2D eigenvalue weighted by atomic mass is 16.5. The highest BCUT2D eigenvalue weighted by molar-refractivity contribution is 5.80. The van der Waals surface area contributed by atoms with Crippen LogP contribution in [-0.4, -0.2) is 49.1 Å². The molecule has 0 N–H and O–H groups in total. The summed E-state index contributed by atoms with van der Waals surface area (Å²) in [6.07, 6.45) is 5.98. The van der Waals surface area contributed by atoms with Crippen LogP contribution in [0.25, 0.3) is 0 Å². The first-order valence-electron chi connectivity index (χ1n) is 8.33. The number of anilines is 1. The average Bonchev–Trinajstić information content (AvgIpc) is 3.03. The summed E-state index contributed by atoms with van der Waals surface area (Å²) in [6.45, 7) is 5.67. The maximum atomic E-state index is 12.8. The van der Waals surface area contributed by atoms with Gasteiger partial charge in [-0.15, -0.1) is 0 Å². The van der Waals surface area contributed by atoms with Crippen molar-refractivity contribution in [3.63, 3.8) is 0 Å². The number of amides is 1. The number of carbonyl (C=O) groups excluding carboxylic acids is 1. The van der Waals surface area contributed by atoms with Crippen molar-refractivity contribution in [2.75, 3.05) is 38.3 Å². The van der Waals surface area contributed by atoms with E-state index in [4.69, 9.17) is 9.72 Å². The second-order valence-corrected chi connectivity index (χ2v) is 6.31. The molecule has 0 aromatic carbocycles. The molecule has 23 heavy (non-hydrogen) atoms. The molecule has 1 aromatic rings. The molecule has 5 heteroatoms. The molecule has 0 saturated heterocycles. The van der Waals surface area contributed by atoms with Crippen LogP contribution in [0.3, 0.4) is 0 Å². The van der Waals surface area contributed by atoms with Gasteiger partial charge in [0.2, 0.25) is 5.91 Å². The number of aromatic nitrogens is 1. The lowest BCUT2D eigenvalue weighted by atomic mass is 10.1. The van der Waals surface area contributed by atoms with E-state index in [1.165, 1.54) is 0 Å². The lowest BCUT2D eigenvalue weighted by Gasteiger charge is -2.25. The first kappa shape index (κ1) is 16.0. The van der Waals surface area contributed by atoms with E-state index < -0.39 is 0 Å². The zero-order chi connectivity index (χ0) is 16.2. The van der Waals surface area contributed by atoms with Gasteiger partial charge in [-0.25, -0.2) is 4.98 Å². The predicted octanol–water partition coefficient (Wildman–Crippen LogP) is 2.15. The fraction of sp³-hybridized carbons (Fsp3) is 0.556. The lowest BCUT2D eigenvalue weighted by molar-refractivity contribution is -0.135.